The van der Waals surface area contributed by atoms with E-state index in [4.69, 9.17) is 4.74 Å². The first-order chi connectivity index (χ1) is 9.85. The summed E-state index contributed by atoms with van der Waals surface area (Å²) in [7, 11) is 1.80. The second kappa shape index (κ2) is 6.00. The molecule has 0 radical (unpaired) electrons. The summed E-state index contributed by atoms with van der Waals surface area (Å²) >= 11 is 0. The molecule has 6 nitrogen and oxygen atoms in total. The molecule has 0 aromatic carbocycles. The van der Waals surface area contributed by atoms with Gasteiger partial charge in [0.2, 0.25) is 0 Å². The highest BCUT2D eigenvalue weighted by Gasteiger charge is 2.20. The second-order valence-electron chi connectivity index (χ2n) is 5.10. The molecule has 106 valence electrons. The Bertz CT molecular complexity index is 517. The molecule has 0 unspecified atom stereocenters. The monoisotopic (exact) mass is 273 g/mol. The number of methoxy groups -OCH3 is 1. The van der Waals surface area contributed by atoms with Gasteiger partial charge in [-0.25, -0.2) is 14.6 Å². The van der Waals surface area contributed by atoms with Crippen molar-refractivity contribution in [1.29, 1.82) is 0 Å². The number of rotatable bonds is 4. The quantitative estimate of drug-likeness (QED) is 0.923. The summed E-state index contributed by atoms with van der Waals surface area (Å²) in [5, 5.41) is 7.59. The Morgan fingerprint density at radius 2 is 2.10 bits per heavy atom. The lowest BCUT2D eigenvalue weighted by Crippen LogP contribution is -2.29. The van der Waals surface area contributed by atoms with Crippen molar-refractivity contribution >= 4 is 5.69 Å². The van der Waals surface area contributed by atoms with Gasteiger partial charge in [-0.2, -0.15) is 5.10 Å². The minimum Gasteiger partial charge on any atom is -0.381 e. The highest BCUT2D eigenvalue weighted by Crippen LogP contribution is 2.23. The topological polar surface area (TPSA) is 64.9 Å². The lowest BCUT2D eigenvalue weighted by molar-refractivity contribution is 0.0682. The van der Waals surface area contributed by atoms with Crippen molar-refractivity contribution in [1.82, 2.24) is 19.7 Å². The molecule has 1 aliphatic rings. The predicted molar refractivity (Wildman–Crippen MR) is 75.8 cm³/mol. The average molecular weight is 273 g/mol. The van der Waals surface area contributed by atoms with E-state index in [0.29, 0.717) is 12.1 Å². The van der Waals surface area contributed by atoms with Gasteiger partial charge >= 0.3 is 0 Å². The van der Waals surface area contributed by atoms with Crippen LogP contribution in [0.4, 0.5) is 5.69 Å². The Balaban J connectivity index is 1.59. The van der Waals surface area contributed by atoms with Crippen LogP contribution in [0.3, 0.4) is 0 Å². The fourth-order valence-electron chi connectivity index (χ4n) is 2.61. The minimum atomic E-state index is 0.431. The molecule has 20 heavy (non-hydrogen) atoms. The summed E-state index contributed by atoms with van der Waals surface area (Å²) in [5.41, 5.74) is 1.05. The molecule has 1 fully saturated rings. The van der Waals surface area contributed by atoms with E-state index in [1.165, 1.54) is 6.33 Å². The fraction of sp³-hybridized carbons (Fsp3) is 0.500. The number of nitrogens with one attached hydrogen (secondary N) is 1. The van der Waals surface area contributed by atoms with Crippen LogP contribution in [-0.4, -0.2) is 39.0 Å². The number of anilines is 1. The van der Waals surface area contributed by atoms with Crippen LogP contribution >= 0.6 is 0 Å². The Kier molecular flexibility index (Phi) is 3.92. The third-order valence-corrected chi connectivity index (χ3v) is 3.78. The van der Waals surface area contributed by atoms with Gasteiger partial charge in [0, 0.05) is 13.2 Å². The summed E-state index contributed by atoms with van der Waals surface area (Å²) in [4.78, 5) is 8.31. The lowest BCUT2D eigenvalue weighted by atomic mass is 9.93. The van der Waals surface area contributed by atoms with E-state index < -0.39 is 0 Å². The maximum atomic E-state index is 5.39. The zero-order chi connectivity index (χ0) is 13.8. The Morgan fingerprint density at radius 3 is 2.70 bits per heavy atom. The molecule has 6 heteroatoms. The Morgan fingerprint density at radius 1 is 1.25 bits per heavy atom. The second-order valence-corrected chi connectivity index (χ2v) is 5.10. The van der Waals surface area contributed by atoms with Crippen LogP contribution in [0.15, 0.2) is 31.0 Å². The number of hydrogen-bond donors (Lipinski definition) is 1. The van der Waals surface area contributed by atoms with Gasteiger partial charge in [0.05, 0.1) is 18.0 Å². The molecule has 1 saturated carbocycles. The zero-order valence-corrected chi connectivity index (χ0v) is 11.6. The van der Waals surface area contributed by atoms with E-state index in [1.807, 2.05) is 18.3 Å². The van der Waals surface area contributed by atoms with Crippen LogP contribution in [0.1, 0.15) is 25.7 Å². The number of hydrogen-bond acceptors (Lipinski definition) is 5. The molecule has 1 aliphatic carbocycles. The van der Waals surface area contributed by atoms with Crippen molar-refractivity contribution in [2.24, 2.45) is 0 Å². The average Bonchev–Trinajstić information content (AvgIpc) is 3.03. The molecule has 0 saturated heterocycles. The maximum absolute atomic E-state index is 5.39. The SMILES string of the molecule is COC1CCC(Nc2ccc(-n3cncn3)nc2)CC1. The van der Waals surface area contributed by atoms with Crippen LogP contribution < -0.4 is 5.32 Å². The molecule has 0 spiro atoms. The van der Waals surface area contributed by atoms with Gasteiger partial charge in [-0.3, -0.25) is 0 Å². The van der Waals surface area contributed by atoms with Crippen molar-refractivity contribution in [2.45, 2.75) is 37.8 Å². The van der Waals surface area contributed by atoms with E-state index in [0.717, 1.165) is 37.2 Å². The smallest absolute Gasteiger partial charge is 0.155 e. The van der Waals surface area contributed by atoms with Gasteiger partial charge in [0.25, 0.3) is 0 Å². The van der Waals surface area contributed by atoms with Crippen LogP contribution in [0.25, 0.3) is 5.82 Å². The maximum Gasteiger partial charge on any atom is 0.155 e. The Labute approximate surface area is 118 Å². The number of nitrogens with zero attached hydrogens (tertiary/aromatic N) is 4. The molecule has 0 aliphatic heterocycles. The standard InChI is InChI=1S/C14H19N5O/c1-20-13-5-2-11(3-6-13)18-12-4-7-14(16-8-12)19-10-15-9-17-19/h4,7-11,13,18H,2-3,5-6H2,1H3. The third-order valence-electron chi connectivity index (χ3n) is 3.78. The minimum absolute atomic E-state index is 0.431. The van der Waals surface area contributed by atoms with Crippen LogP contribution in [0, 0.1) is 0 Å². The molecule has 1 N–H and O–H groups in total. The van der Waals surface area contributed by atoms with Gasteiger partial charge in [-0.05, 0) is 37.8 Å². The number of pyridine rings is 1. The lowest BCUT2D eigenvalue weighted by Gasteiger charge is -2.28. The van der Waals surface area contributed by atoms with E-state index in [2.05, 4.69) is 20.4 Å². The zero-order valence-electron chi connectivity index (χ0n) is 11.6. The van der Waals surface area contributed by atoms with Gasteiger partial charge in [-0.15, -0.1) is 0 Å². The van der Waals surface area contributed by atoms with Crippen molar-refractivity contribution in [3.63, 3.8) is 0 Å². The van der Waals surface area contributed by atoms with E-state index in [9.17, 15) is 0 Å². The highest BCUT2D eigenvalue weighted by molar-refractivity contribution is 5.44. The summed E-state index contributed by atoms with van der Waals surface area (Å²) in [6.45, 7) is 0. The molecule has 0 amide bonds. The first kappa shape index (κ1) is 13.1. The fourth-order valence-corrected chi connectivity index (χ4v) is 2.61. The summed E-state index contributed by atoms with van der Waals surface area (Å²) in [6, 6.07) is 4.49. The van der Waals surface area contributed by atoms with Gasteiger partial charge in [0.15, 0.2) is 5.82 Å². The molecular weight excluding hydrogens is 254 g/mol. The molecule has 0 bridgehead atoms. The third kappa shape index (κ3) is 2.96. The van der Waals surface area contributed by atoms with Crippen molar-refractivity contribution in [2.75, 3.05) is 12.4 Å². The largest absolute Gasteiger partial charge is 0.381 e. The summed E-state index contributed by atoms with van der Waals surface area (Å²) in [6.07, 6.45) is 9.95. The van der Waals surface area contributed by atoms with Crippen molar-refractivity contribution < 1.29 is 4.74 Å². The van der Waals surface area contributed by atoms with Gasteiger partial charge < -0.3 is 10.1 Å². The van der Waals surface area contributed by atoms with Gasteiger partial charge in [0.1, 0.15) is 12.7 Å². The molecule has 0 atom stereocenters. The summed E-state index contributed by atoms with van der Waals surface area (Å²) in [5.74, 6) is 0.774. The van der Waals surface area contributed by atoms with Crippen LogP contribution in [0.2, 0.25) is 0 Å². The van der Waals surface area contributed by atoms with Crippen LogP contribution in [-0.2, 0) is 4.74 Å². The highest BCUT2D eigenvalue weighted by atomic mass is 16.5. The molecular formula is C14H19N5O. The number of ether oxygens (including phenoxy) is 1. The van der Waals surface area contributed by atoms with Crippen molar-refractivity contribution in [3.8, 4) is 5.82 Å². The molecule has 3 rings (SSSR count). The molecule has 2 aromatic heterocycles. The first-order valence-electron chi connectivity index (χ1n) is 6.95. The Hall–Kier alpha value is -1.95. The van der Waals surface area contributed by atoms with Crippen molar-refractivity contribution in [3.05, 3.63) is 31.0 Å². The van der Waals surface area contributed by atoms with Crippen LogP contribution in [0.5, 0.6) is 0 Å². The van der Waals surface area contributed by atoms with E-state index in [1.54, 1.807) is 18.1 Å². The predicted octanol–water partition coefficient (Wildman–Crippen LogP) is 2.03. The summed E-state index contributed by atoms with van der Waals surface area (Å²) < 4.78 is 7.04. The van der Waals surface area contributed by atoms with Gasteiger partial charge in [-0.1, -0.05) is 0 Å². The van der Waals surface area contributed by atoms with E-state index >= 15 is 0 Å². The first-order valence-corrected chi connectivity index (χ1v) is 6.95. The number of aromatic nitrogens is 4. The van der Waals surface area contributed by atoms with E-state index in [-0.39, 0.29) is 0 Å². The normalized spacial score (nSPS) is 22.6. The molecule has 2 heterocycles. The molecule has 2 aromatic rings.